The van der Waals surface area contributed by atoms with Crippen molar-refractivity contribution in [1.82, 2.24) is 4.98 Å². The molecule has 1 aliphatic carbocycles. The molecular formula is C22H13Cl5FN3O2. The number of benzene rings is 2. The van der Waals surface area contributed by atoms with Gasteiger partial charge in [-0.25, -0.2) is 9.37 Å². The lowest BCUT2D eigenvalue weighted by molar-refractivity contribution is -0.117. The van der Waals surface area contributed by atoms with Crippen molar-refractivity contribution in [3.8, 4) is 0 Å². The van der Waals surface area contributed by atoms with Gasteiger partial charge in [0, 0.05) is 21.7 Å². The number of aromatic nitrogens is 1. The van der Waals surface area contributed by atoms with Crippen molar-refractivity contribution in [2.75, 3.05) is 10.6 Å². The van der Waals surface area contributed by atoms with Gasteiger partial charge in [0.05, 0.1) is 22.7 Å². The van der Waals surface area contributed by atoms with E-state index in [2.05, 4.69) is 15.6 Å². The van der Waals surface area contributed by atoms with Gasteiger partial charge in [0.25, 0.3) is 5.91 Å². The molecule has 33 heavy (non-hydrogen) atoms. The minimum absolute atomic E-state index is 0.0811. The molecule has 170 valence electrons. The van der Waals surface area contributed by atoms with Gasteiger partial charge in [0.2, 0.25) is 5.91 Å². The third kappa shape index (κ3) is 5.20. The van der Waals surface area contributed by atoms with E-state index >= 15 is 0 Å². The second-order valence-corrected chi connectivity index (χ2v) is 10.1. The van der Waals surface area contributed by atoms with Crippen LogP contribution in [-0.4, -0.2) is 21.1 Å². The Bertz CT molecular complexity index is 1230. The summed E-state index contributed by atoms with van der Waals surface area (Å²) in [4.78, 5) is 29.3. The fourth-order valence-electron chi connectivity index (χ4n) is 3.45. The third-order valence-electron chi connectivity index (χ3n) is 5.03. The van der Waals surface area contributed by atoms with Gasteiger partial charge in [-0.1, -0.05) is 34.8 Å². The Balaban J connectivity index is 1.50. The third-order valence-corrected chi connectivity index (χ3v) is 6.73. The molecule has 2 aromatic carbocycles. The first kappa shape index (κ1) is 24.0. The Kier molecular flexibility index (Phi) is 6.76. The molecule has 0 spiro atoms. The van der Waals surface area contributed by atoms with Crippen LogP contribution in [0.2, 0.25) is 15.1 Å². The number of halogens is 6. The molecule has 1 aromatic heterocycles. The molecular weight excluding hydrogens is 535 g/mol. The highest BCUT2D eigenvalue weighted by atomic mass is 35.5. The summed E-state index contributed by atoms with van der Waals surface area (Å²) in [6, 6.07) is 11.7. The lowest BCUT2D eigenvalue weighted by Gasteiger charge is -2.10. The zero-order valence-corrected chi connectivity index (χ0v) is 20.2. The van der Waals surface area contributed by atoms with Crippen LogP contribution in [0.3, 0.4) is 0 Å². The number of nitrogens with zero attached hydrogens (tertiary/aromatic N) is 1. The van der Waals surface area contributed by atoms with Gasteiger partial charge in [-0.15, -0.1) is 23.2 Å². The summed E-state index contributed by atoms with van der Waals surface area (Å²) in [6.07, 6.45) is 0.970. The molecule has 0 bridgehead atoms. The van der Waals surface area contributed by atoms with Gasteiger partial charge in [-0.2, -0.15) is 0 Å². The highest BCUT2D eigenvalue weighted by molar-refractivity contribution is 6.53. The number of hydrogen-bond acceptors (Lipinski definition) is 3. The van der Waals surface area contributed by atoms with E-state index in [1.807, 2.05) is 0 Å². The maximum Gasteiger partial charge on any atom is 0.258 e. The van der Waals surface area contributed by atoms with E-state index in [-0.39, 0.29) is 16.4 Å². The van der Waals surface area contributed by atoms with Gasteiger partial charge in [-0.3, -0.25) is 9.59 Å². The van der Waals surface area contributed by atoms with Gasteiger partial charge < -0.3 is 10.6 Å². The molecule has 1 fully saturated rings. The highest BCUT2D eigenvalue weighted by Crippen LogP contribution is 2.65. The molecule has 2 atom stereocenters. The number of carbonyl (C=O) groups is 2. The second-order valence-electron chi connectivity index (χ2n) is 7.33. The van der Waals surface area contributed by atoms with Gasteiger partial charge in [0.15, 0.2) is 0 Å². The van der Waals surface area contributed by atoms with Crippen molar-refractivity contribution in [2.24, 2.45) is 5.92 Å². The van der Waals surface area contributed by atoms with Crippen LogP contribution in [-0.2, 0) is 4.79 Å². The summed E-state index contributed by atoms with van der Waals surface area (Å²) < 4.78 is 11.7. The molecule has 0 radical (unpaired) electrons. The minimum atomic E-state index is -1.35. The first-order valence-electron chi connectivity index (χ1n) is 9.43. The molecule has 2 N–H and O–H groups in total. The zero-order chi connectivity index (χ0) is 23.9. The summed E-state index contributed by atoms with van der Waals surface area (Å²) in [5.41, 5.74) is 1.03. The number of carbonyl (C=O) groups excluding carboxylic acids is 2. The maximum absolute atomic E-state index is 13.0. The van der Waals surface area contributed by atoms with Crippen molar-refractivity contribution >= 4 is 81.3 Å². The van der Waals surface area contributed by atoms with E-state index in [4.69, 9.17) is 58.0 Å². The van der Waals surface area contributed by atoms with Crippen LogP contribution >= 0.6 is 58.0 Å². The number of nitrogens with one attached hydrogen (secondary N) is 2. The number of hydrogen-bond donors (Lipinski definition) is 2. The number of amides is 2. The average molecular weight is 548 g/mol. The van der Waals surface area contributed by atoms with Crippen molar-refractivity contribution in [2.45, 2.75) is 10.3 Å². The quantitative estimate of drug-likeness (QED) is 0.339. The van der Waals surface area contributed by atoms with Crippen LogP contribution in [0.15, 0.2) is 54.7 Å². The molecule has 4 rings (SSSR count). The molecule has 1 heterocycles. The van der Waals surface area contributed by atoms with Crippen molar-refractivity contribution in [3.63, 3.8) is 0 Å². The molecule has 0 unspecified atom stereocenters. The summed E-state index contributed by atoms with van der Waals surface area (Å²) in [5.74, 6) is -2.72. The summed E-state index contributed by atoms with van der Waals surface area (Å²) >= 11 is 31.0. The SMILES string of the molecule is O=C(Nc1ccc(F)cn1)c1cc(NC(=O)[C@H]2[C@H](c3cc(Cl)cc(Cl)c3)C2(Cl)Cl)ccc1Cl. The Morgan fingerprint density at radius 1 is 0.939 bits per heavy atom. The van der Waals surface area contributed by atoms with Crippen LogP contribution in [0.25, 0.3) is 0 Å². The van der Waals surface area contributed by atoms with Crippen molar-refractivity contribution < 1.29 is 14.0 Å². The lowest BCUT2D eigenvalue weighted by atomic mass is 10.1. The van der Waals surface area contributed by atoms with Crippen molar-refractivity contribution in [3.05, 3.63) is 86.7 Å². The Labute approximate surface area is 213 Å². The van der Waals surface area contributed by atoms with Gasteiger partial charge >= 0.3 is 0 Å². The van der Waals surface area contributed by atoms with Crippen LogP contribution in [0.4, 0.5) is 15.9 Å². The molecule has 0 aliphatic heterocycles. The largest absolute Gasteiger partial charge is 0.326 e. The molecule has 11 heteroatoms. The fourth-order valence-corrected chi connectivity index (χ4v) is 5.03. The number of rotatable bonds is 5. The summed E-state index contributed by atoms with van der Waals surface area (Å²) in [6.45, 7) is 0. The summed E-state index contributed by atoms with van der Waals surface area (Å²) in [5, 5.41) is 6.16. The second kappa shape index (κ2) is 9.28. The topological polar surface area (TPSA) is 71.1 Å². The molecule has 0 saturated heterocycles. The molecule has 5 nitrogen and oxygen atoms in total. The maximum atomic E-state index is 13.0. The predicted molar refractivity (Wildman–Crippen MR) is 129 cm³/mol. The van der Waals surface area contributed by atoms with Crippen LogP contribution in [0, 0.1) is 11.7 Å². The smallest absolute Gasteiger partial charge is 0.258 e. The standard InChI is InChI=1S/C22H13Cl5FN3O2/c23-11-5-10(6-12(24)7-11)18-19(22(18,26)27)21(33)30-14-2-3-16(25)15(8-14)20(32)31-17-4-1-13(28)9-29-17/h1-9,18-19H,(H,30,33)(H,29,31,32)/t18-,19+/m0/s1. The van der Waals surface area contributed by atoms with E-state index in [0.717, 1.165) is 12.3 Å². The Morgan fingerprint density at radius 2 is 1.64 bits per heavy atom. The lowest BCUT2D eigenvalue weighted by Crippen LogP contribution is -2.18. The number of anilines is 2. The van der Waals surface area contributed by atoms with Gasteiger partial charge in [0.1, 0.15) is 16.0 Å². The molecule has 1 saturated carbocycles. The Morgan fingerprint density at radius 3 is 2.27 bits per heavy atom. The van der Waals surface area contributed by atoms with Crippen molar-refractivity contribution in [1.29, 1.82) is 0 Å². The van der Waals surface area contributed by atoms with Gasteiger partial charge in [-0.05, 0) is 54.1 Å². The summed E-state index contributed by atoms with van der Waals surface area (Å²) in [7, 11) is 0. The first-order valence-corrected chi connectivity index (χ1v) is 11.3. The molecule has 3 aromatic rings. The van der Waals surface area contributed by atoms with E-state index in [1.54, 1.807) is 18.2 Å². The monoisotopic (exact) mass is 545 g/mol. The first-order chi connectivity index (χ1) is 15.6. The van der Waals surface area contributed by atoms with E-state index < -0.39 is 33.8 Å². The van der Waals surface area contributed by atoms with Crippen LogP contribution in [0.5, 0.6) is 0 Å². The highest BCUT2D eigenvalue weighted by Gasteiger charge is 2.67. The van der Waals surface area contributed by atoms with E-state index in [9.17, 15) is 14.0 Å². The number of pyridine rings is 1. The fraction of sp³-hybridized carbons (Fsp3) is 0.136. The molecule has 2 amide bonds. The average Bonchev–Trinajstić information content (AvgIpc) is 3.32. The normalized spacial score (nSPS) is 18.5. The van der Waals surface area contributed by atoms with Crippen LogP contribution in [0.1, 0.15) is 21.8 Å². The number of alkyl halides is 2. The van der Waals surface area contributed by atoms with E-state index in [0.29, 0.717) is 21.3 Å². The predicted octanol–water partition coefficient (Wildman–Crippen LogP) is 6.96. The molecule has 1 aliphatic rings. The van der Waals surface area contributed by atoms with Crippen LogP contribution < -0.4 is 10.6 Å². The zero-order valence-electron chi connectivity index (χ0n) is 16.4. The Hall–Kier alpha value is -2.09. The minimum Gasteiger partial charge on any atom is -0.326 e. The van der Waals surface area contributed by atoms with E-state index in [1.165, 1.54) is 24.3 Å².